The number of anilines is 1. The molecule has 3 N–H and O–H groups in total. The molecule has 6 aromatic rings. The molecule has 0 unspecified atom stereocenters. The van der Waals surface area contributed by atoms with Crippen molar-refractivity contribution in [3.63, 3.8) is 0 Å². The largest absolute Gasteiger partial charge is 1.00 e. The fourth-order valence-electron chi connectivity index (χ4n) is 6.83. The Hall–Kier alpha value is -7.45. The summed E-state index contributed by atoms with van der Waals surface area (Å²) in [7, 11) is 0. The van der Waals surface area contributed by atoms with Crippen LogP contribution in [0, 0.1) is 133 Å². The van der Waals surface area contributed by atoms with Gasteiger partial charge in [-0.15, -0.1) is 10.1 Å². The van der Waals surface area contributed by atoms with Gasteiger partial charge in [-0.05, 0) is 98.7 Å². The number of nitrogens with two attached hydrogens (primary N) is 1. The first-order valence-corrected chi connectivity index (χ1v) is 23.7. The molecule has 29 nitrogen and oxygen atoms in total. The third kappa shape index (κ3) is 18.3. The molecule has 0 aromatic heterocycles. The maximum Gasteiger partial charge on any atom is 1.00 e. The van der Waals surface area contributed by atoms with Gasteiger partial charge < -0.3 is 12.4 Å². The molecule has 6 aromatic carbocycles. The molecule has 0 heterocycles. The monoisotopic (exact) mass is 1280 g/mol. The number of rotatable bonds is 12. The second-order valence-corrected chi connectivity index (χ2v) is 18.6. The van der Waals surface area contributed by atoms with Crippen molar-refractivity contribution in [1.29, 1.82) is 0 Å². The number of nitro benzene ring substituents is 8. The van der Waals surface area contributed by atoms with Crippen LogP contribution in [-0.2, 0) is 12.8 Å². The van der Waals surface area contributed by atoms with E-state index < -0.39 is 106 Å². The Morgan fingerprint density at radius 3 is 1.09 bits per heavy atom. The van der Waals surface area contributed by atoms with Crippen molar-refractivity contribution in [2.24, 2.45) is 0 Å². The smallest absolute Gasteiger partial charge is 1.00 e. The van der Waals surface area contributed by atoms with E-state index >= 15 is 0 Å². The summed E-state index contributed by atoms with van der Waals surface area (Å²) < 4.78 is 0. The van der Waals surface area contributed by atoms with Gasteiger partial charge in [0.15, 0.2) is 5.02 Å². The van der Waals surface area contributed by atoms with Gasteiger partial charge in [0.2, 0.25) is 0 Å². The summed E-state index contributed by atoms with van der Waals surface area (Å²) in [6.07, 6.45) is -0.661. The van der Waals surface area contributed by atoms with Gasteiger partial charge in [0.1, 0.15) is 31.2 Å². The molecule has 0 spiro atoms. The maximum absolute atomic E-state index is 11.5. The molecule has 0 aliphatic rings. The number of nitro groups is 8. The number of benzene rings is 6. The molecule has 0 saturated heterocycles. The van der Waals surface area contributed by atoms with Gasteiger partial charge in [0.25, 0.3) is 44.9 Å². The van der Waals surface area contributed by atoms with Crippen LogP contribution < -0.4 is 35.3 Å². The molecule has 37 heteroatoms. The molecule has 6 rings (SSSR count). The summed E-state index contributed by atoms with van der Waals surface area (Å²) in [5.41, 5.74) is 3.54. The molecule has 0 fully saturated rings. The van der Waals surface area contributed by atoms with E-state index in [2.05, 4.69) is 0 Å². The number of hydrogen-bond donors (Lipinski definition) is 2. The van der Waals surface area contributed by atoms with Crippen LogP contribution >= 0.6 is 81.2 Å². The van der Waals surface area contributed by atoms with Gasteiger partial charge in [-0.3, -0.25) is 80.9 Å². The quantitative estimate of drug-likeness (QED) is 0.0497. The molecule has 0 aliphatic heterocycles. The summed E-state index contributed by atoms with van der Waals surface area (Å²) in [5, 5.41) is 103. The Bertz CT molecular complexity index is 3550. The molecule has 0 amide bonds. The average molecular weight is 1280 g/mol. The topological polar surface area (TPSA) is 435 Å². The number of halogens is 7. The summed E-state index contributed by atoms with van der Waals surface area (Å²) in [5.74, 6) is 0. The molecule has 0 aliphatic carbocycles. The summed E-state index contributed by atoms with van der Waals surface area (Å²) in [6, 6.07) is 14.6. The molecule has 0 radical (unpaired) electrons. The molecule has 426 valence electrons. The fraction of sp³-hybridized carbons (Fsp3) is 0.182. The predicted molar refractivity (Wildman–Crippen MR) is 295 cm³/mol. The van der Waals surface area contributed by atoms with E-state index in [9.17, 15) is 80.9 Å². The number of hydrogen-bond acceptors (Lipinski definition) is 19. The van der Waals surface area contributed by atoms with Crippen molar-refractivity contribution in [3.05, 3.63) is 242 Å². The van der Waals surface area contributed by atoms with Crippen molar-refractivity contribution in [3.8, 4) is 0 Å². The Labute approximate surface area is 512 Å². The zero-order valence-electron chi connectivity index (χ0n) is 43.2. The molecule has 0 bridgehead atoms. The van der Waals surface area contributed by atoms with Crippen LogP contribution in [0.25, 0.3) is 0 Å². The minimum atomic E-state index is -1.50. The standard InChI is InChI=1S/C15H10Cl2N4O8.C15H12Cl2N2O4.C7H4Cl2N2O4.C7H8ClN.HNO3.Na.H/c1-6-3-10(18(22)23)9(15(13(6)16)21(28)29)4-8-7(2)14(17)12(20(26)27)5-11(8)19(24)25;1-8-6-13(18(20)21)11(15(14(8)17)19(22)23)7-10-4-3-5-12(16)9(10)2;1-3-2-4(10(12)13)6(9)7(5(3)8)11(14)15;1-5-6(8)3-2-4-7(5)9;2-1(3)4;;/h3,5H,4H2,1-2H3;3-6H,7H2,1-2H3;2H,1H3;2-4H,9H2,1H3;(H,2,3,4);;/q;;;;;+1;-1. The van der Waals surface area contributed by atoms with Crippen LogP contribution in [0.15, 0.2) is 60.7 Å². The Balaban J connectivity index is 0.00000110. The second-order valence-electron chi connectivity index (χ2n) is 15.9. The predicted octanol–water partition coefficient (Wildman–Crippen LogP) is 12.0. The SMILES string of the molecule is Cc1c(N)cccc1Cl.Cc1cc([N+](=O)[O-])c(Cc2c([N+](=O)[O-])cc([N+](=O)[O-])c(Cl)c2C)c([N+](=O)[O-])c1Cl.Cc1cc([N+](=O)[O-])c(Cc2cccc(Cl)c2C)c([N+](=O)[O-])c1Cl.Cc1cc([N+](=O)[O-])c(Cl)c([N+](=O)[O-])c1Cl.O=[N+]([O-])O.[H-].[Na+]. The van der Waals surface area contributed by atoms with Crippen molar-refractivity contribution in [2.75, 3.05) is 5.73 Å². The van der Waals surface area contributed by atoms with E-state index in [-0.39, 0.29) is 91.5 Å². The van der Waals surface area contributed by atoms with E-state index in [0.717, 1.165) is 34.0 Å². The van der Waals surface area contributed by atoms with Crippen molar-refractivity contribution in [2.45, 2.75) is 54.4 Å². The zero-order chi connectivity index (χ0) is 61.7. The van der Waals surface area contributed by atoms with Gasteiger partial charge in [-0.25, -0.2) is 0 Å². The van der Waals surface area contributed by atoms with E-state index in [4.69, 9.17) is 102 Å². The van der Waals surface area contributed by atoms with E-state index in [0.29, 0.717) is 16.7 Å². The first kappa shape index (κ1) is 71.6. The van der Waals surface area contributed by atoms with E-state index in [1.165, 1.54) is 33.8 Å². The summed E-state index contributed by atoms with van der Waals surface area (Å²) in [4.78, 5) is 91.1. The van der Waals surface area contributed by atoms with Gasteiger partial charge in [0, 0.05) is 52.3 Å². The van der Waals surface area contributed by atoms with Gasteiger partial charge >= 0.3 is 35.2 Å². The number of nitrogens with zero attached hydrogens (tertiary/aromatic N) is 9. The Morgan fingerprint density at radius 1 is 0.407 bits per heavy atom. The molecule has 0 atom stereocenters. The fourth-order valence-corrected chi connectivity index (χ4v) is 8.47. The first-order valence-electron chi connectivity index (χ1n) is 21.1. The second kappa shape index (κ2) is 30.9. The number of nitrogen functional groups attached to an aromatic ring is 1. The summed E-state index contributed by atoms with van der Waals surface area (Å²) >= 11 is 40.8. The molecular weight excluding hydrogens is 1240 g/mol. The van der Waals surface area contributed by atoms with Crippen LogP contribution in [0.2, 0.25) is 35.2 Å². The van der Waals surface area contributed by atoms with Crippen LogP contribution in [0.1, 0.15) is 57.1 Å². The van der Waals surface area contributed by atoms with Crippen LogP contribution in [0.3, 0.4) is 0 Å². The number of aryl methyl sites for hydroxylation is 3. The van der Waals surface area contributed by atoms with Crippen LogP contribution in [-0.4, -0.2) is 49.7 Å². The van der Waals surface area contributed by atoms with Crippen LogP contribution in [0.5, 0.6) is 0 Å². The normalized spacial score (nSPS) is 10.0. The molecule has 81 heavy (non-hydrogen) atoms. The van der Waals surface area contributed by atoms with Crippen LogP contribution in [0.4, 0.5) is 51.2 Å². The zero-order valence-corrected chi connectivity index (χ0v) is 49.5. The Kier molecular flexibility index (Phi) is 27.3. The van der Waals surface area contributed by atoms with Gasteiger partial charge in [-0.2, -0.15) is 0 Å². The third-order valence-corrected chi connectivity index (χ3v) is 14.0. The van der Waals surface area contributed by atoms with E-state index in [1.54, 1.807) is 25.1 Å². The van der Waals surface area contributed by atoms with Crippen molar-refractivity contribution < 1.29 is 80.7 Å². The van der Waals surface area contributed by atoms with Crippen molar-refractivity contribution >= 4 is 132 Å². The molecule has 0 saturated carbocycles. The minimum absolute atomic E-state index is 0. The van der Waals surface area contributed by atoms with Crippen molar-refractivity contribution in [1.82, 2.24) is 0 Å². The summed E-state index contributed by atoms with van der Waals surface area (Å²) in [6.45, 7) is 9.16. The average Bonchev–Trinajstić information content (AvgIpc) is 3.34. The third-order valence-electron chi connectivity index (χ3n) is 10.9. The first-order chi connectivity index (χ1) is 36.9. The van der Waals surface area contributed by atoms with Gasteiger partial charge in [0.05, 0.1) is 45.5 Å². The maximum atomic E-state index is 11.5. The van der Waals surface area contributed by atoms with Gasteiger partial charge in [-0.1, -0.05) is 99.4 Å². The molecular formula is C44H36Cl7N10NaO19. The Morgan fingerprint density at radius 2 is 0.728 bits per heavy atom. The minimum Gasteiger partial charge on any atom is -1.00 e. The van der Waals surface area contributed by atoms with E-state index in [1.807, 2.05) is 25.1 Å².